The summed E-state index contributed by atoms with van der Waals surface area (Å²) >= 11 is 6.43. The minimum Gasteiger partial charge on any atom is -0.494 e. The topological polar surface area (TPSA) is 80.6 Å². The van der Waals surface area contributed by atoms with E-state index in [2.05, 4.69) is 5.32 Å². The fraction of sp³-hybridized carbons (Fsp3) is 0.154. The van der Waals surface area contributed by atoms with Gasteiger partial charge in [0.1, 0.15) is 24.0 Å². The lowest BCUT2D eigenvalue weighted by molar-refractivity contribution is -0.112. The lowest BCUT2D eigenvalue weighted by atomic mass is 10.1. The van der Waals surface area contributed by atoms with Gasteiger partial charge in [0.25, 0.3) is 5.91 Å². The molecule has 0 atom stereocenters. The van der Waals surface area contributed by atoms with Gasteiger partial charge in [0, 0.05) is 5.69 Å². The molecule has 3 aromatic rings. The van der Waals surface area contributed by atoms with Crippen molar-refractivity contribution >= 4 is 29.3 Å². The molecule has 33 heavy (non-hydrogen) atoms. The van der Waals surface area contributed by atoms with Crippen molar-refractivity contribution in [3.8, 4) is 23.3 Å². The van der Waals surface area contributed by atoms with Crippen molar-refractivity contribution in [1.82, 2.24) is 0 Å². The van der Waals surface area contributed by atoms with Crippen LogP contribution >= 0.6 is 11.6 Å². The van der Waals surface area contributed by atoms with Crippen LogP contribution in [0.5, 0.6) is 17.2 Å². The first-order valence-electron chi connectivity index (χ1n) is 10.2. The molecule has 1 amide bonds. The monoisotopic (exact) mass is 462 g/mol. The number of nitriles is 1. The van der Waals surface area contributed by atoms with Crippen LogP contribution in [0.4, 0.5) is 5.69 Å². The molecule has 0 bridgehead atoms. The van der Waals surface area contributed by atoms with E-state index in [9.17, 15) is 10.1 Å². The van der Waals surface area contributed by atoms with Crippen LogP contribution in [0.15, 0.2) is 72.3 Å². The van der Waals surface area contributed by atoms with E-state index in [-0.39, 0.29) is 5.57 Å². The van der Waals surface area contributed by atoms with E-state index in [0.29, 0.717) is 46.7 Å². The molecular weight excluding hydrogens is 440 g/mol. The molecule has 7 heteroatoms. The van der Waals surface area contributed by atoms with Crippen LogP contribution in [0.25, 0.3) is 6.08 Å². The molecule has 3 rings (SSSR count). The molecule has 1 N–H and O–H groups in total. The fourth-order valence-electron chi connectivity index (χ4n) is 3.01. The average Bonchev–Trinajstić information content (AvgIpc) is 2.83. The van der Waals surface area contributed by atoms with E-state index >= 15 is 0 Å². The maximum absolute atomic E-state index is 12.6. The molecule has 0 unspecified atom stereocenters. The summed E-state index contributed by atoms with van der Waals surface area (Å²) in [5.74, 6) is 0.940. The Morgan fingerprint density at radius 1 is 1.09 bits per heavy atom. The van der Waals surface area contributed by atoms with Gasteiger partial charge in [-0.3, -0.25) is 4.79 Å². The smallest absolute Gasteiger partial charge is 0.266 e. The Morgan fingerprint density at radius 3 is 2.45 bits per heavy atom. The molecule has 0 saturated carbocycles. The normalized spacial score (nSPS) is 10.8. The summed E-state index contributed by atoms with van der Waals surface area (Å²) < 4.78 is 16.7. The van der Waals surface area contributed by atoms with Gasteiger partial charge in [-0.15, -0.1) is 0 Å². The highest BCUT2D eigenvalue weighted by Gasteiger charge is 2.14. The average molecular weight is 463 g/mol. The number of benzene rings is 3. The van der Waals surface area contributed by atoms with Crippen LogP contribution in [-0.4, -0.2) is 19.6 Å². The first-order valence-corrected chi connectivity index (χ1v) is 10.6. The van der Waals surface area contributed by atoms with Crippen molar-refractivity contribution in [3.63, 3.8) is 0 Å². The Balaban J connectivity index is 1.77. The molecule has 0 radical (unpaired) electrons. The second-order valence-electron chi connectivity index (χ2n) is 6.89. The molecule has 0 aromatic heterocycles. The maximum Gasteiger partial charge on any atom is 0.266 e. The van der Waals surface area contributed by atoms with Gasteiger partial charge in [-0.2, -0.15) is 5.26 Å². The van der Waals surface area contributed by atoms with Gasteiger partial charge in [0.2, 0.25) is 0 Å². The Hall–Kier alpha value is -3.95. The summed E-state index contributed by atoms with van der Waals surface area (Å²) in [6.45, 7) is 2.76. The van der Waals surface area contributed by atoms with E-state index in [0.717, 1.165) is 5.56 Å². The molecule has 6 nitrogen and oxygen atoms in total. The highest BCUT2D eigenvalue weighted by molar-refractivity contribution is 6.32. The van der Waals surface area contributed by atoms with Crippen molar-refractivity contribution in [3.05, 3.63) is 88.5 Å². The van der Waals surface area contributed by atoms with Gasteiger partial charge >= 0.3 is 0 Å². The molecule has 0 fully saturated rings. The number of hydrogen-bond acceptors (Lipinski definition) is 5. The molecule has 0 heterocycles. The fourth-order valence-corrected chi connectivity index (χ4v) is 3.28. The number of hydrogen-bond donors (Lipinski definition) is 1. The maximum atomic E-state index is 12.6. The van der Waals surface area contributed by atoms with Crippen molar-refractivity contribution < 1.29 is 19.0 Å². The highest BCUT2D eigenvalue weighted by Crippen LogP contribution is 2.37. The zero-order valence-electron chi connectivity index (χ0n) is 18.3. The lowest BCUT2D eigenvalue weighted by Gasteiger charge is -2.13. The van der Waals surface area contributed by atoms with Crippen LogP contribution in [0.1, 0.15) is 18.1 Å². The molecule has 168 valence electrons. The third-order valence-corrected chi connectivity index (χ3v) is 4.86. The number of halogens is 1. The van der Waals surface area contributed by atoms with Crippen LogP contribution in [0, 0.1) is 11.3 Å². The van der Waals surface area contributed by atoms with Crippen molar-refractivity contribution in [2.75, 3.05) is 19.0 Å². The van der Waals surface area contributed by atoms with Gasteiger partial charge in [-0.25, -0.2) is 0 Å². The lowest BCUT2D eigenvalue weighted by Crippen LogP contribution is -2.13. The minimum atomic E-state index is -0.541. The van der Waals surface area contributed by atoms with Crippen LogP contribution < -0.4 is 19.5 Å². The third-order valence-electron chi connectivity index (χ3n) is 4.58. The molecule has 0 saturated heterocycles. The van der Waals surface area contributed by atoms with Crippen LogP contribution in [0.2, 0.25) is 5.02 Å². The summed E-state index contributed by atoms with van der Waals surface area (Å²) in [5.41, 5.74) is 1.98. The van der Waals surface area contributed by atoms with E-state index in [1.165, 1.54) is 13.2 Å². The summed E-state index contributed by atoms with van der Waals surface area (Å²) in [5, 5.41) is 12.5. The summed E-state index contributed by atoms with van der Waals surface area (Å²) in [7, 11) is 1.50. The number of anilines is 1. The number of ether oxygens (including phenoxy) is 3. The molecule has 0 aliphatic rings. The van der Waals surface area contributed by atoms with E-state index < -0.39 is 5.91 Å². The van der Waals surface area contributed by atoms with Crippen LogP contribution in [-0.2, 0) is 11.4 Å². The van der Waals surface area contributed by atoms with E-state index in [1.54, 1.807) is 36.4 Å². The summed E-state index contributed by atoms with van der Waals surface area (Å²) in [6.07, 6.45) is 1.44. The van der Waals surface area contributed by atoms with Gasteiger partial charge in [-0.05, 0) is 60.5 Å². The second-order valence-corrected chi connectivity index (χ2v) is 7.30. The summed E-state index contributed by atoms with van der Waals surface area (Å²) in [6, 6.07) is 21.8. The molecular formula is C26H23ClN2O4. The van der Waals surface area contributed by atoms with Crippen molar-refractivity contribution in [2.24, 2.45) is 0 Å². The van der Waals surface area contributed by atoms with Crippen molar-refractivity contribution in [1.29, 1.82) is 5.26 Å². The highest BCUT2D eigenvalue weighted by atomic mass is 35.5. The Morgan fingerprint density at radius 2 is 1.82 bits per heavy atom. The number of nitrogens with zero attached hydrogens (tertiary/aromatic N) is 1. The zero-order chi connectivity index (χ0) is 23.6. The zero-order valence-corrected chi connectivity index (χ0v) is 19.1. The number of methoxy groups -OCH3 is 1. The van der Waals surface area contributed by atoms with Gasteiger partial charge in [0.05, 0.1) is 18.7 Å². The largest absolute Gasteiger partial charge is 0.494 e. The number of nitrogens with one attached hydrogen (secondary N) is 1. The number of rotatable bonds is 9. The molecule has 0 spiro atoms. The SMILES string of the molecule is CCOc1ccc(NC(=O)/C(C#N)=C\c2cc(Cl)c(OCc3ccccc3)c(OC)c2)cc1. The number of amides is 1. The van der Waals surface area contributed by atoms with E-state index in [4.69, 9.17) is 25.8 Å². The first kappa shape index (κ1) is 23.7. The number of carbonyl (C=O) groups is 1. The van der Waals surface area contributed by atoms with Crippen molar-refractivity contribution in [2.45, 2.75) is 13.5 Å². The minimum absolute atomic E-state index is 0.0834. The first-order chi connectivity index (χ1) is 16.0. The Bertz CT molecular complexity index is 1170. The molecule has 0 aliphatic heterocycles. The predicted octanol–water partition coefficient (Wildman–Crippen LogP) is 5.87. The van der Waals surface area contributed by atoms with Crippen LogP contribution in [0.3, 0.4) is 0 Å². The Kier molecular flexibility index (Phi) is 8.34. The number of carbonyl (C=O) groups excluding carboxylic acids is 1. The van der Waals surface area contributed by atoms with Gasteiger partial charge < -0.3 is 19.5 Å². The standard InChI is InChI=1S/C26H23ClN2O4/c1-3-32-22-11-9-21(10-12-22)29-26(30)20(16-28)13-19-14-23(27)25(24(15-19)31-2)33-17-18-7-5-4-6-8-18/h4-15H,3,17H2,1-2H3,(H,29,30)/b20-13-. The quantitative estimate of drug-likeness (QED) is 0.317. The third kappa shape index (κ3) is 6.52. The van der Waals surface area contributed by atoms with Gasteiger partial charge in [-0.1, -0.05) is 41.9 Å². The molecule has 0 aliphatic carbocycles. The van der Waals surface area contributed by atoms with E-state index in [1.807, 2.05) is 43.3 Å². The Labute approximate surface area is 198 Å². The predicted molar refractivity (Wildman–Crippen MR) is 129 cm³/mol. The molecule has 3 aromatic carbocycles. The second kappa shape index (κ2) is 11.6. The summed E-state index contributed by atoms with van der Waals surface area (Å²) in [4.78, 5) is 12.6. The van der Waals surface area contributed by atoms with Gasteiger partial charge in [0.15, 0.2) is 11.5 Å².